The first-order valence-corrected chi connectivity index (χ1v) is 9.87. The molecule has 0 bridgehead atoms. The number of benzene rings is 2. The largest absolute Gasteiger partial charge is 0.497 e. The van der Waals surface area contributed by atoms with Crippen LogP contribution in [-0.4, -0.2) is 41.3 Å². The van der Waals surface area contributed by atoms with Gasteiger partial charge in [0.1, 0.15) is 11.6 Å². The highest BCUT2D eigenvalue weighted by atomic mass is 19.1. The van der Waals surface area contributed by atoms with Gasteiger partial charge in [-0.25, -0.2) is 9.18 Å². The number of nitrogens with zero attached hydrogens (tertiary/aromatic N) is 3. The molecule has 2 aromatic carbocycles. The zero-order chi connectivity index (χ0) is 20.9. The lowest BCUT2D eigenvalue weighted by Gasteiger charge is -2.31. The Labute approximate surface area is 173 Å². The monoisotopic (exact) mass is 410 g/mol. The zero-order valence-electron chi connectivity index (χ0n) is 16.7. The maximum absolute atomic E-state index is 13.1. The molecule has 1 aliphatic heterocycles. The van der Waals surface area contributed by atoms with Crippen LogP contribution in [0.5, 0.6) is 5.75 Å². The number of hydrogen-bond donors (Lipinski definition) is 1. The van der Waals surface area contributed by atoms with Crippen molar-refractivity contribution in [1.82, 2.24) is 15.1 Å². The van der Waals surface area contributed by atoms with Gasteiger partial charge in [0.25, 0.3) is 0 Å². The predicted octanol–water partition coefficient (Wildman–Crippen LogP) is 4.22. The second-order valence-electron chi connectivity index (χ2n) is 7.28. The van der Waals surface area contributed by atoms with E-state index in [4.69, 9.17) is 9.15 Å². The number of likely N-dealkylation sites (tertiary alicyclic amines) is 1. The molecule has 2 heterocycles. The molecular weight excluding hydrogens is 387 g/mol. The summed E-state index contributed by atoms with van der Waals surface area (Å²) in [6.07, 6.45) is 2.17. The summed E-state index contributed by atoms with van der Waals surface area (Å²) >= 11 is 0. The lowest BCUT2D eigenvalue weighted by molar-refractivity contribution is 0.186. The number of aromatic nitrogens is 2. The van der Waals surface area contributed by atoms with E-state index in [0.29, 0.717) is 42.7 Å². The highest BCUT2D eigenvalue weighted by Crippen LogP contribution is 2.27. The number of piperidine rings is 1. The highest BCUT2D eigenvalue weighted by molar-refractivity contribution is 5.89. The van der Waals surface area contributed by atoms with Gasteiger partial charge in [0.05, 0.1) is 19.4 Å². The highest BCUT2D eigenvalue weighted by Gasteiger charge is 2.28. The van der Waals surface area contributed by atoms with E-state index in [2.05, 4.69) is 15.5 Å². The van der Waals surface area contributed by atoms with E-state index in [-0.39, 0.29) is 17.8 Å². The number of hydrogen-bond acceptors (Lipinski definition) is 5. The van der Waals surface area contributed by atoms with Crippen molar-refractivity contribution in [2.75, 3.05) is 25.5 Å². The molecule has 0 aliphatic carbocycles. The summed E-state index contributed by atoms with van der Waals surface area (Å²) in [6, 6.07) is 13.3. The molecule has 3 aromatic rings. The Morgan fingerprint density at radius 2 is 2.10 bits per heavy atom. The van der Waals surface area contributed by atoms with E-state index in [1.165, 1.54) is 12.1 Å². The first-order chi connectivity index (χ1) is 14.6. The van der Waals surface area contributed by atoms with Crippen LogP contribution in [-0.2, 0) is 6.42 Å². The van der Waals surface area contributed by atoms with Crippen molar-refractivity contribution >= 4 is 11.7 Å². The number of ether oxygens (including phenoxy) is 1. The average Bonchev–Trinajstić information content (AvgIpc) is 3.24. The van der Waals surface area contributed by atoms with Gasteiger partial charge < -0.3 is 19.4 Å². The third-order valence-corrected chi connectivity index (χ3v) is 5.13. The quantitative estimate of drug-likeness (QED) is 0.681. The normalized spacial score (nSPS) is 16.3. The number of methoxy groups -OCH3 is 1. The number of urea groups is 1. The van der Waals surface area contributed by atoms with E-state index < -0.39 is 0 Å². The first kappa shape index (κ1) is 19.9. The van der Waals surface area contributed by atoms with Crippen LogP contribution in [0.1, 0.15) is 36.1 Å². The van der Waals surface area contributed by atoms with E-state index in [1.807, 2.05) is 18.2 Å². The Balaban J connectivity index is 1.38. The standard InChI is InChI=1S/C22H23FN4O3/c1-29-19-6-2-5-18(13-19)24-22(28)27-11-3-4-16(14-27)21-26-25-20(30-21)12-15-7-9-17(23)10-8-15/h2,5-10,13,16H,3-4,11-12,14H2,1H3,(H,24,28)/t16-/m0/s1. The minimum atomic E-state index is -0.278. The lowest BCUT2D eigenvalue weighted by Crippen LogP contribution is -2.41. The van der Waals surface area contributed by atoms with Gasteiger partial charge in [0.15, 0.2) is 0 Å². The SMILES string of the molecule is COc1cccc(NC(=O)N2CCC[C@H](c3nnc(Cc4ccc(F)cc4)o3)C2)c1. The molecule has 0 radical (unpaired) electrons. The molecule has 1 N–H and O–H groups in total. The van der Waals surface area contributed by atoms with Crippen LogP contribution in [0.25, 0.3) is 0 Å². The Hall–Kier alpha value is -3.42. The molecule has 7 nitrogen and oxygen atoms in total. The number of carbonyl (C=O) groups is 1. The van der Waals surface area contributed by atoms with Crippen molar-refractivity contribution in [3.63, 3.8) is 0 Å². The lowest BCUT2D eigenvalue weighted by atomic mass is 9.98. The maximum atomic E-state index is 13.1. The summed E-state index contributed by atoms with van der Waals surface area (Å²) in [7, 11) is 1.59. The summed E-state index contributed by atoms with van der Waals surface area (Å²) in [5.74, 6) is 1.41. The van der Waals surface area contributed by atoms with Crippen LogP contribution in [0.4, 0.5) is 14.9 Å². The number of nitrogens with one attached hydrogen (secondary N) is 1. The number of amides is 2. The van der Waals surface area contributed by atoms with Crippen LogP contribution in [0.2, 0.25) is 0 Å². The summed E-state index contributed by atoms with van der Waals surface area (Å²) in [5, 5.41) is 11.2. The van der Waals surface area contributed by atoms with Crippen molar-refractivity contribution in [2.24, 2.45) is 0 Å². The van der Waals surface area contributed by atoms with Crippen molar-refractivity contribution in [3.8, 4) is 5.75 Å². The fourth-order valence-corrected chi connectivity index (χ4v) is 3.55. The second kappa shape index (κ2) is 8.94. The van der Waals surface area contributed by atoms with E-state index in [9.17, 15) is 9.18 Å². The Bertz CT molecular complexity index is 1010. The van der Waals surface area contributed by atoms with E-state index in [1.54, 1.807) is 30.2 Å². The Kier molecular flexibility index (Phi) is 5.92. The summed E-state index contributed by atoms with van der Waals surface area (Å²) in [6.45, 7) is 1.18. The Morgan fingerprint density at radius 1 is 1.27 bits per heavy atom. The van der Waals surface area contributed by atoms with Crippen LogP contribution < -0.4 is 10.1 Å². The molecule has 0 unspecified atom stereocenters. The number of halogens is 1. The number of carbonyl (C=O) groups excluding carboxylic acids is 1. The molecule has 1 aliphatic rings. The van der Waals surface area contributed by atoms with Gasteiger partial charge in [-0.15, -0.1) is 10.2 Å². The molecule has 8 heteroatoms. The molecule has 1 saturated heterocycles. The predicted molar refractivity (Wildman–Crippen MR) is 109 cm³/mol. The van der Waals surface area contributed by atoms with Gasteiger partial charge in [-0.2, -0.15) is 0 Å². The fraction of sp³-hybridized carbons (Fsp3) is 0.318. The zero-order valence-corrected chi connectivity index (χ0v) is 16.7. The average molecular weight is 410 g/mol. The van der Waals surface area contributed by atoms with Gasteiger partial charge in [0, 0.05) is 24.8 Å². The van der Waals surface area contributed by atoms with Crippen molar-refractivity contribution in [3.05, 3.63) is 71.7 Å². The van der Waals surface area contributed by atoms with Crippen molar-refractivity contribution < 1.29 is 18.3 Å². The molecular formula is C22H23FN4O3. The topological polar surface area (TPSA) is 80.5 Å². The smallest absolute Gasteiger partial charge is 0.321 e. The Morgan fingerprint density at radius 3 is 2.90 bits per heavy atom. The minimum absolute atomic E-state index is 0.00993. The third kappa shape index (κ3) is 4.76. The minimum Gasteiger partial charge on any atom is -0.497 e. The number of anilines is 1. The van der Waals surface area contributed by atoms with Gasteiger partial charge >= 0.3 is 6.03 Å². The summed E-state index contributed by atoms with van der Waals surface area (Å²) < 4.78 is 24.1. The second-order valence-corrected chi connectivity index (χ2v) is 7.28. The van der Waals surface area contributed by atoms with Gasteiger partial charge in [-0.1, -0.05) is 18.2 Å². The van der Waals surface area contributed by atoms with Crippen molar-refractivity contribution in [2.45, 2.75) is 25.2 Å². The third-order valence-electron chi connectivity index (χ3n) is 5.13. The molecule has 4 rings (SSSR count). The van der Waals surface area contributed by atoms with E-state index >= 15 is 0 Å². The van der Waals surface area contributed by atoms with Crippen LogP contribution in [0, 0.1) is 5.82 Å². The number of rotatable bonds is 5. The van der Waals surface area contributed by atoms with Gasteiger partial charge in [0.2, 0.25) is 11.8 Å². The molecule has 1 fully saturated rings. The summed E-state index contributed by atoms with van der Waals surface area (Å²) in [4.78, 5) is 14.5. The molecule has 0 spiro atoms. The van der Waals surface area contributed by atoms with Gasteiger partial charge in [-0.3, -0.25) is 0 Å². The van der Waals surface area contributed by atoms with Crippen LogP contribution in [0.15, 0.2) is 52.9 Å². The molecule has 30 heavy (non-hydrogen) atoms. The van der Waals surface area contributed by atoms with Gasteiger partial charge in [-0.05, 0) is 42.7 Å². The maximum Gasteiger partial charge on any atom is 0.321 e. The molecule has 1 atom stereocenters. The van der Waals surface area contributed by atoms with Crippen molar-refractivity contribution in [1.29, 1.82) is 0 Å². The van der Waals surface area contributed by atoms with Crippen LogP contribution in [0.3, 0.4) is 0 Å². The molecule has 0 saturated carbocycles. The van der Waals surface area contributed by atoms with E-state index in [0.717, 1.165) is 18.4 Å². The molecule has 1 aromatic heterocycles. The fourth-order valence-electron chi connectivity index (χ4n) is 3.55. The first-order valence-electron chi connectivity index (χ1n) is 9.87. The summed E-state index contributed by atoms with van der Waals surface area (Å²) in [5.41, 5.74) is 1.58. The van der Waals surface area contributed by atoms with Crippen LogP contribution >= 0.6 is 0 Å². The molecule has 156 valence electrons. The molecule has 2 amide bonds.